The molecule has 0 spiro atoms. The van der Waals surface area contributed by atoms with Crippen LogP contribution in [0, 0.1) is 5.92 Å². The Bertz CT molecular complexity index is 1730. The number of allylic oxidation sites excluding steroid dienone is 2. The molecule has 2 fully saturated rings. The highest BCUT2D eigenvalue weighted by atomic mass is 19.1. The third kappa shape index (κ3) is 5.58. The fourth-order valence-corrected chi connectivity index (χ4v) is 7.00. The SMILES string of the molecule is CCc1cccc(C2=CCC(CC3CC3)=Cc3cc(C(=O)N4CCC(c5nc6ccccc6n5C(C)F)CC4)ccc32)c1. The topological polar surface area (TPSA) is 38.1 Å². The zero-order valence-corrected chi connectivity index (χ0v) is 25.2. The van der Waals surface area contributed by atoms with Crippen molar-refractivity contribution in [2.75, 3.05) is 13.1 Å². The number of aryl methyl sites for hydroxylation is 1. The van der Waals surface area contributed by atoms with Crippen molar-refractivity contribution in [3.8, 4) is 0 Å². The summed E-state index contributed by atoms with van der Waals surface area (Å²) in [7, 11) is 0. The largest absolute Gasteiger partial charge is 0.339 e. The molecule has 43 heavy (non-hydrogen) atoms. The molecule has 4 aromatic rings. The lowest BCUT2D eigenvalue weighted by molar-refractivity contribution is 0.0708. The Hall–Kier alpha value is -3.99. The Labute approximate surface area is 253 Å². The van der Waals surface area contributed by atoms with E-state index < -0.39 is 6.30 Å². The first-order chi connectivity index (χ1) is 21.0. The molecule has 7 rings (SSSR count). The van der Waals surface area contributed by atoms with Gasteiger partial charge in [-0.25, -0.2) is 9.37 Å². The number of amides is 1. The fourth-order valence-electron chi connectivity index (χ4n) is 7.00. The van der Waals surface area contributed by atoms with Gasteiger partial charge in [-0.3, -0.25) is 9.36 Å². The van der Waals surface area contributed by atoms with Gasteiger partial charge in [0.25, 0.3) is 5.91 Å². The average molecular weight is 574 g/mol. The molecule has 0 N–H and O–H groups in total. The number of alkyl halides is 1. The number of hydrogen-bond donors (Lipinski definition) is 0. The van der Waals surface area contributed by atoms with Gasteiger partial charge in [0.05, 0.1) is 11.0 Å². The Kier molecular flexibility index (Phi) is 7.50. The first-order valence-electron chi connectivity index (χ1n) is 16.0. The average Bonchev–Trinajstić information content (AvgIpc) is 3.80. The molecule has 1 saturated heterocycles. The van der Waals surface area contributed by atoms with Crippen LogP contribution in [0.5, 0.6) is 0 Å². The lowest BCUT2D eigenvalue weighted by atomic mass is 9.91. The summed E-state index contributed by atoms with van der Waals surface area (Å²) in [6.45, 7) is 5.05. The van der Waals surface area contributed by atoms with Gasteiger partial charge in [-0.2, -0.15) is 0 Å². The van der Waals surface area contributed by atoms with E-state index in [0.29, 0.717) is 13.1 Å². The standard InChI is InChI=1S/C38H40FN3O/c1-3-26-7-6-8-30(22-26)33-15-13-28(21-27-11-12-27)23-32-24-31(14-16-34(32)33)38(43)41-19-17-29(18-20-41)37-40-35-9-4-5-10-36(35)42(37)25(2)39/h4-10,14-16,22-25,27,29H,3,11-13,17-21H2,1-2H3. The third-order valence-corrected chi connectivity index (χ3v) is 9.54. The predicted molar refractivity (Wildman–Crippen MR) is 173 cm³/mol. The van der Waals surface area contributed by atoms with Crippen molar-refractivity contribution in [2.24, 2.45) is 5.92 Å². The summed E-state index contributed by atoms with van der Waals surface area (Å²) in [4.78, 5) is 20.6. The molecule has 3 aliphatic rings. The molecule has 1 unspecified atom stereocenters. The van der Waals surface area contributed by atoms with Gasteiger partial charge in [0.1, 0.15) is 5.82 Å². The molecule has 3 aromatic carbocycles. The lowest BCUT2D eigenvalue weighted by Gasteiger charge is -2.32. The van der Waals surface area contributed by atoms with Crippen LogP contribution in [-0.2, 0) is 6.42 Å². The van der Waals surface area contributed by atoms with Gasteiger partial charge in [0.15, 0.2) is 6.30 Å². The minimum absolute atomic E-state index is 0.0773. The Morgan fingerprint density at radius 3 is 2.58 bits per heavy atom. The fraction of sp³-hybridized carbons (Fsp3) is 0.368. The van der Waals surface area contributed by atoms with Crippen LogP contribution in [0.1, 0.15) is 103 Å². The molecular weight excluding hydrogens is 533 g/mol. The summed E-state index contributed by atoms with van der Waals surface area (Å²) in [5, 5.41) is 0. The van der Waals surface area contributed by atoms with Crippen LogP contribution in [-0.4, -0.2) is 33.4 Å². The molecule has 1 aromatic heterocycles. The van der Waals surface area contributed by atoms with Crippen LogP contribution in [0.4, 0.5) is 4.39 Å². The van der Waals surface area contributed by atoms with E-state index in [0.717, 1.165) is 66.0 Å². The highest BCUT2D eigenvalue weighted by Gasteiger charge is 2.30. The maximum Gasteiger partial charge on any atom is 0.253 e. The highest BCUT2D eigenvalue weighted by molar-refractivity contribution is 5.97. The molecule has 4 nitrogen and oxygen atoms in total. The summed E-state index contributed by atoms with van der Waals surface area (Å²) in [5.41, 5.74) is 10.1. The second-order valence-electron chi connectivity index (χ2n) is 12.6. The van der Waals surface area contributed by atoms with Gasteiger partial charge in [-0.05, 0) is 110 Å². The van der Waals surface area contributed by atoms with Crippen molar-refractivity contribution in [2.45, 2.75) is 71.0 Å². The maximum atomic E-state index is 14.7. The number of piperidine rings is 1. The second-order valence-corrected chi connectivity index (χ2v) is 12.6. The maximum absolute atomic E-state index is 14.7. The number of benzene rings is 3. The predicted octanol–water partition coefficient (Wildman–Crippen LogP) is 9.13. The number of rotatable bonds is 7. The van der Waals surface area contributed by atoms with Crippen LogP contribution < -0.4 is 0 Å². The summed E-state index contributed by atoms with van der Waals surface area (Å²) in [6, 6.07) is 22.9. The van der Waals surface area contributed by atoms with E-state index in [4.69, 9.17) is 4.98 Å². The number of hydrogen-bond acceptors (Lipinski definition) is 2. The second kappa shape index (κ2) is 11.6. The zero-order chi connectivity index (χ0) is 29.5. The molecule has 1 aliphatic heterocycles. The summed E-state index contributed by atoms with van der Waals surface area (Å²) in [5.74, 6) is 1.82. The van der Waals surface area contributed by atoms with E-state index >= 15 is 0 Å². The Morgan fingerprint density at radius 2 is 1.81 bits per heavy atom. The van der Waals surface area contributed by atoms with Gasteiger partial charge in [0, 0.05) is 24.6 Å². The summed E-state index contributed by atoms with van der Waals surface area (Å²) >= 11 is 0. The van der Waals surface area contributed by atoms with Crippen molar-refractivity contribution >= 4 is 28.6 Å². The van der Waals surface area contributed by atoms with E-state index in [1.807, 2.05) is 35.2 Å². The number of imidazole rings is 1. The van der Waals surface area contributed by atoms with Crippen LogP contribution in [0.3, 0.4) is 0 Å². The van der Waals surface area contributed by atoms with Crippen LogP contribution >= 0.6 is 0 Å². The Morgan fingerprint density at radius 1 is 1.00 bits per heavy atom. The van der Waals surface area contributed by atoms with Gasteiger partial charge in [-0.15, -0.1) is 0 Å². The first-order valence-corrected chi connectivity index (χ1v) is 16.0. The van der Waals surface area contributed by atoms with Crippen LogP contribution in [0.25, 0.3) is 22.7 Å². The number of likely N-dealkylation sites (tertiary alicyclic amines) is 1. The summed E-state index contributed by atoms with van der Waals surface area (Å²) in [6.07, 6.45) is 10.9. The molecule has 5 heteroatoms. The number of para-hydroxylation sites is 2. The number of fused-ring (bicyclic) bond motifs is 2. The number of carbonyl (C=O) groups excluding carboxylic acids is 1. The van der Waals surface area contributed by atoms with Crippen molar-refractivity contribution < 1.29 is 9.18 Å². The van der Waals surface area contributed by atoms with E-state index in [1.54, 1.807) is 11.5 Å². The van der Waals surface area contributed by atoms with E-state index in [1.165, 1.54) is 40.7 Å². The van der Waals surface area contributed by atoms with Crippen molar-refractivity contribution in [3.05, 3.63) is 112 Å². The lowest BCUT2D eigenvalue weighted by Crippen LogP contribution is -2.38. The van der Waals surface area contributed by atoms with Crippen molar-refractivity contribution in [1.29, 1.82) is 0 Å². The van der Waals surface area contributed by atoms with E-state index in [9.17, 15) is 9.18 Å². The molecule has 2 aliphatic carbocycles. The molecule has 2 heterocycles. The first kappa shape index (κ1) is 27.8. The number of nitrogens with zero attached hydrogens (tertiary/aromatic N) is 3. The number of halogens is 1. The van der Waals surface area contributed by atoms with Gasteiger partial charge in [-0.1, -0.05) is 67.1 Å². The number of aromatic nitrogens is 2. The van der Waals surface area contributed by atoms with Crippen LogP contribution in [0.15, 0.2) is 78.4 Å². The van der Waals surface area contributed by atoms with Gasteiger partial charge < -0.3 is 4.90 Å². The molecular formula is C38H40FN3O. The van der Waals surface area contributed by atoms with Gasteiger partial charge in [0.2, 0.25) is 0 Å². The molecule has 1 saturated carbocycles. The smallest absolute Gasteiger partial charge is 0.253 e. The zero-order valence-electron chi connectivity index (χ0n) is 25.2. The summed E-state index contributed by atoms with van der Waals surface area (Å²) < 4.78 is 16.5. The van der Waals surface area contributed by atoms with Crippen molar-refractivity contribution in [1.82, 2.24) is 14.5 Å². The molecule has 0 bridgehead atoms. The van der Waals surface area contributed by atoms with E-state index in [2.05, 4.69) is 55.5 Å². The third-order valence-electron chi connectivity index (χ3n) is 9.54. The quantitative estimate of drug-likeness (QED) is 0.221. The Balaban J connectivity index is 1.14. The minimum Gasteiger partial charge on any atom is -0.339 e. The number of carbonyl (C=O) groups is 1. The normalized spacial score (nSPS) is 18.2. The monoisotopic (exact) mass is 573 g/mol. The molecule has 1 atom stereocenters. The molecule has 220 valence electrons. The molecule has 1 amide bonds. The highest BCUT2D eigenvalue weighted by Crippen LogP contribution is 2.40. The van der Waals surface area contributed by atoms with Gasteiger partial charge >= 0.3 is 0 Å². The van der Waals surface area contributed by atoms with Crippen LogP contribution in [0.2, 0.25) is 0 Å². The van der Waals surface area contributed by atoms with Crippen molar-refractivity contribution in [3.63, 3.8) is 0 Å². The molecule has 0 radical (unpaired) electrons. The van der Waals surface area contributed by atoms with E-state index in [-0.39, 0.29) is 11.8 Å². The minimum atomic E-state index is -1.15.